The number of fused-ring (bicyclic) bond motifs is 1. The fourth-order valence-corrected chi connectivity index (χ4v) is 3.06. The highest BCUT2D eigenvalue weighted by Gasteiger charge is 2.21. The van der Waals surface area contributed by atoms with E-state index in [-0.39, 0.29) is 5.91 Å². The molecule has 8 nitrogen and oxygen atoms in total. The molecule has 1 saturated heterocycles. The van der Waals surface area contributed by atoms with Crippen LogP contribution >= 0.6 is 0 Å². The molecule has 0 saturated carbocycles. The van der Waals surface area contributed by atoms with Crippen LogP contribution in [-0.2, 0) is 11.3 Å². The van der Waals surface area contributed by atoms with Crippen molar-refractivity contribution in [3.63, 3.8) is 0 Å². The lowest BCUT2D eigenvalue weighted by Crippen LogP contribution is -2.48. The quantitative estimate of drug-likeness (QED) is 0.743. The number of hydrogen-bond donors (Lipinski definition) is 2. The number of nitrogens with two attached hydrogens (primary N) is 1. The molecule has 25 heavy (non-hydrogen) atoms. The molecule has 0 unspecified atom stereocenters. The van der Waals surface area contributed by atoms with Crippen LogP contribution in [0.25, 0.3) is 5.65 Å². The Bertz CT molecular complexity index is 703. The minimum atomic E-state index is -0.548. The normalized spacial score (nSPS) is 15.4. The summed E-state index contributed by atoms with van der Waals surface area (Å²) in [5.41, 5.74) is 7.00. The van der Waals surface area contributed by atoms with Crippen LogP contribution in [0.3, 0.4) is 0 Å². The highest BCUT2D eigenvalue weighted by atomic mass is 16.2. The average molecular weight is 344 g/mol. The number of carbonyl (C=O) groups is 2. The molecule has 1 aliphatic heterocycles. The minimum Gasteiger partial charge on any atom is -0.352 e. The van der Waals surface area contributed by atoms with Gasteiger partial charge in [-0.2, -0.15) is 0 Å². The number of rotatable bonds is 6. The second-order valence-corrected chi connectivity index (χ2v) is 6.25. The highest BCUT2D eigenvalue weighted by molar-refractivity contribution is 5.76. The molecule has 2 aromatic rings. The monoisotopic (exact) mass is 344 g/mol. The standard InChI is InChI=1S/C17H24N6O2/c18-17(25)19-6-3-5-16(24)22-10-8-21(9-11-22)12-14-13-23-7-2-1-4-15(23)20-14/h1-2,4,7,13H,3,5-6,8-12H2,(H3,18,19,25). The molecule has 3 rings (SSSR count). The lowest BCUT2D eigenvalue weighted by molar-refractivity contribution is -0.133. The maximum absolute atomic E-state index is 12.2. The van der Waals surface area contributed by atoms with Crippen LogP contribution in [0.2, 0.25) is 0 Å². The molecule has 1 fully saturated rings. The summed E-state index contributed by atoms with van der Waals surface area (Å²) in [7, 11) is 0. The molecule has 3 N–H and O–H groups in total. The first-order valence-corrected chi connectivity index (χ1v) is 8.58. The molecule has 0 spiro atoms. The van der Waals surface area contributed by atoms with Crippen LogP contribution in [0.4, 0.5) is 4.79 Å². The lowest BCUT2D eigenvalue weighted by atomic mass is 10.2. The van der Waals surface area contributed by atoms with E-state index in [1.807, 2.05) is 33.7 Å². The Morgan fingerprint density at radius 2 is 2.00 bits per heavy atom. The summed E-state index contributed by atoms with van der Waals surface area (Å²) in [5.74, 6) is 0.138. The number of nitrogens with zero attached hydrogens (tertiary/aromatic N) is 4. The number of piperazine rings is 1. The fourth-order valence-electron chi connectivity index (χ4n) is 3.06. The number of hydrogen-bond acceptors (Lipinski definition) is 4. The maximum Gasteiger partial charge on any atom is 0.312 e. The molecule has 0 aromatic carbocycles. The van der Waals surface area contributed by atoms with E-state index in [0.29, 0.717) is 19.4 Å². The van der Waals surface area contributed by atoms with Gasteiger partial charge in [-0.15, -0.1) is 0 Å². The largest absolute Gasteiger partial charge is 0.352 e. The molecule has 0 atom stereocenters. The zero-order chi connectivity index (χ0) is 17.6. The van der Waals surface area contributed by atoms with Gasteiger partial charge in [0.2, 0.25) is 5.91 Å². The molecule has 2 aromatic heterocycles. The Morgan fingerprint density at radius 1 is 1.20 bits per heavy atom. The molecule has 3 heterocycles. The van der Waals surface area contributed by atoms with Crippen molar-refractivity contribution < 1.29 is 9.59 Å². The third kappa shape index (κ3) is 4.69. The van der Waals surface area contributed by atoms with Crippen molar-refractivity contribution >= 4 is 17.6 Å². The van der Waals surface area contributed by atoms with Gasteiger partial charge in [-0.05, 0) is 18.6 Å². The summed E-state index contributed by atoms with van der Waals surface area (Å²) in [5, 5.41) is 2.50. The van der Waals surface area contributed by atoms with Gasteiger partial charge in [0, 0.05) is 58.1 Å². The minimum absolute atomic E-state index is 0.138. The van der Waals surface area contributed by atoms with Gasteiger partial charge in [0.05, 0.1) is 5.69 Å². The van der Waals surface area contributed by atoms with Gasteiger partial charge in [0.15, 0.2) is 0 Å². The van der Waals surface area contributed by atoms with Gasteiger partial charge in [-0.25, -0.2) is 9.78 Å². The van der Waals surface area contributed by atoms with Crippen LogP contribution in [0, 0.1) is 0 Å². The number of nitrogens with one attached hydrogen (secondary N) is 1. The number of carbonyl (C=O) groups excluding carboxylic acids is 2. The smallest absolute Gasteiger partial charge is 0.312 e. The summed E-state index contributed by atoms with van der Waals surface area (Å²) in [6.45, 7) is 4.39. The number of amides is 3. The molecule has 3 amide bonds. The number of primary amides is 1. The molecule has 0 bridgehead atoms. The molecular formula is C17H24N6O2. The van der Waals surface area contributed by atoms with Gasteiger partial charge < -0.3 is 20.4 Å². The van der Waals surface area contributed by atoms with Crippen LogP contribution in [0.15, 0.2) is 30.6 Å². The second kappa shape index (κ2) is 7.98. The predicted octanol–water partition coefficient (Wildman–Crippen LogP) is 0.427. The van der Waals surface area contributed by atoms with E-state index in [4.69, 9.17) is 5.73 Å². The van der Waals surface area contributed by atoms with Crippen molar-refractivity contribution in [3.8, 4) is 0 Å². The molecule has 0 aliphatic carbocycles. The first-order valence-electron chi connectivity index (χ1n) is 8.58. The van der Waals surface area contributed by atoms with Crippen molar-refractivity contribution in [2.45, 2.75) is 19.4 Å². The molecule has 134 valence electrons. The van der Waals surface area contributed by atoms with Crippen LogP contribution < -0.4 is 11.1 Å². The van der Waals surface area contributed by atoms with Crippen molar-refractivity contribution in [3.05, 3.63) is 36.3 Å². The van der Waals surface area contributed by atoms with Crippen molar-refractivity contribution in [2.24, 2.45) is 5.73 Å². The summed E-state index contributed by atoms with van der Waals surface area (Å²) in [4.78, 5) is 31.6. The third-order valence-corrected chi connectivity index (χ3v) is 4.39. The SMILES string of the molecule is NC(=O)NCCCC(=O)N1CCN(Cc2cn3ccccc3n2)CC1. The van der Waals surface area contributed by atoms with Crippen LogP contribution in [-0.4, -0.2) is 63.8 Å². The molecular weight excluding hydrogens is 320 g/mol. The highest BCUT2D eigenvalue weighted by Crippen LogP contribution is 2.11. The Kier molecular flexibility index (Phi) is 5.49. The number of imidazole rings is 1. The topological polar surface area (TPSA) is 96.0 Å². The van der Waals surface area contributed by atoms with Gasteiger partial charge in [0.25, 0.3) is 0 Å². The van der Waals surface area contributed by atoms with E-state index < -0.39 is 6.03 Å². The van der Waals surface area contributed by atoms with E-state index in [0.717, 1.165) is 44.1 Å². The summed E-state index contributed by atoms with van der Waals surface area (Å²) in [6, 6.07) is 5.41. The van der Waals surface area contributed by atoms with E-state index in [1.54, 1.807) is 0 Å². The van der Waals surface area contributed by atoms with Crippen molar-refractivity contribution in [1.82, 2.24) is 24.5 Å². The van der Waals surface area contributed by atoms with Gasteiger partial charge in [-0.3, -0.25) is 9.69 Å². The van der Waals surface area contributed by atoms with Crippen LogP contribution in [0.1, 0.15) is 18.5 Å². The third-order valence-electron chi connectivity index (χ3n) is 4.39. The Hall–Kier alpha value is -2.61. The van der Waals surface area contributed by atoms with Crippen LogP contribution in [0.5, 0.6) is 0 Å². The molecule has 8 heteroatoms. The van der Waals surface area contributed by atoms with E-state index >= 15 is 0 Å². The zero-order valence-electron chi connectivity index (χ0n) is 14.2. The maximum atomic E-state index is 12.2. The number of pyridine rings is 1. The Labute approximate surface area is 146 Å². The van der Waals surface area contributed by atoms with E-state index in [1.165, 1.54) is 0 Å². The van der Waals surface area contributed by atoms with Gasteiger partial charge in [-0.1, -0.05) is 6.07 Å². The first-order chi connectivity index (χ1) is 12.1. The van der Waals surface area contributed by atoms with E-state index in [2.05, 4.69) is 21.4 Å². The number of aromatic nitrogens is 2. The second-order valence-electron chi connectivity index (χ2n) is 6.25. The van der Waals surface area contributed by atoms with E-state index in [9.17, 15) is 9.59 Å². The van der Waals surface area contributed by atoms with Gasteiger partial charge in [0.1, 0.15) is 5.65 Å². The average Bonchev–Trinajstić information content (AvgIpc) is 3.01. The lowest BCUT2D eigenvalue weighted by Gasteiger charge is -2.34. The van der Waals surface area contributed by atoms with Gasteiger partial charge >= 0.3 is 6.03 Å². The van der Waals surface area contributed by atoms with Crippen molar-refractivity contribution in [2.75, 3.05) is 32.7 Å². The Balaban J connectivity index is 1.42. The zero-order valence-corrected chi connectivity index (χ0v) is 14.2. The van der Waals surface area contributed by atoms with Crippen molar-refractivity contribution in [1.29, 1.82) is 0 Å². The summed E-state index contributed by atoms with van der Waals surface area (Å²) in [6.07, 6.45) is 5.10. The number of urea groups is 1. The Morgan fingerprint density at radius 3 is 2.72 bits per heavy atom. The molecule has 1 aliphatic rings. The molecule has 0 radical (unpaired) electrons. The predicted molar refractivity (Wildman–Crippen MR) is 93.9 cm³/mol. The summed E-state index contributed by atoms with van der Waals surface area (Å²) >= 11 is 0. The summed E-state index contributed by atoms with van der Waals surface area (Å²) < 4.78 is 2.02. The first kappa shape index (κ1) is 17.2. The fraction of sp³-hybridized carbons (Fsp3) is 0.471.